The second-order valence-corrected chi connectivity index (χ2v) is 2.50. The average molecular weight is 203 g/mol. The minimum atomic E-state index is -0.830. The van der Waals surface area contributed by atoms with Gasteiger partial charge in [-0.3, -0.25) is 0 Å². The van der Waals surface area contributed by atoms with Crippen LogP contribution >= 0.6 is 0 Å². The largest absolute Gasteiger partial charge is 0.417 e. The topological polar surface area (TPSA) is 54.0 Å². The van der Waals surface area contributed by atoms with Gasteiger partial charge in [0.2, 0.25) is 6.29 Å². The van der Waals surface area contributed by atoms with E-state index in [9.17, 15) is 4.79 Å². The summed E-state index contributed by atoms with van der Waals surface area (Å²) < 4.78 is 19.3. The van der Waals surface area contributed by atoms with E-state index in [0.717, 1.165) is 0 Å². The highest BCUT2D eigenvalue weighted by atomic mass is 16.8. The number of esters is 1. The zero-order valence-electron chi connectivity index (χ0n) is 8.83. The zero-order valence-corrected chi connectivity index (χ0v) is 8.83. The van der Waals surface area contributed by atoms with Gasteiger partial charge in [0.15, 0.2) is 0 Å². The van der Waals surface area contributed by atoms with Gasteiger partial charge in [-0.1, -0.05) is 6.58 Å². The molecule has 0 saturated heterocycles. The Morgan fingerprint density at radius 3 is 2.00 bits per heavy atom. The molecular formula is C9H15O5. The molecule has 0 amide bonds. The molecule has 0 saturated carbocycles. The summed E-state index contributed by atoms with van der Waals surface area (Å²) in [5, 5.41) is 0. The van der Waals surface area contributed by atoms with Crippen LogP contribution in [0.15, 0.2) is 12.2 Å². The Hall–Kier alpha value is -0.910. The summed E-state index contributed by atoms with van der Waals surface area (Å²) >= 11 is 0. The minimum absolute atomic E-state index is 0.0528. The van der Waals surface area contributed by atoms with Gasteiger partial charge in [-0.2, -0.15) is 0 Å². The van der Waals surface area contributed by atoms with E-state index in [0.29, 0.717) is 0 Å². The second-order valence-electron chi connectivity index (χ2n) is 2.50. The molecule has 0 N–H and O–H groups in total. The molecule has 0 aliphatic heterocycles. The van der Waals surface area contributed by atoms with Crippen molar-refractivity contribution in [1.29, 1.82) is 0 Å². The highest BCUT2D eigenvalue weighted by molar-refractivity contribution is 5.87. The first kappa shape index (κ1) is 13.1. The molecule has 0 spiro atoms. The third kappa shape index (κ3) is 3.87. The van der Waals surface area contributed by atoms with Crippen LogP contribution in [-0.4, -0.2) is 33.6 Å². The van der Waals surface area contributed by atoms with Crippen LogP contribution in [-0.2, 0) is 23.7 Å². The van der Waals surface area contributed by atoms with E-state index in [-0.39, 0.29) is 11.9 Å². The Balaban J connectivity index is 4.27. The number of methoxy groups -OCH3 is 3. The Bertz CT molecular complexity index is 197. The maximum absolute atomic E-state index is 11.1. The predicted octanol–water partition coefficient (Wildman–Crippen LogP) is 0.860. The van der Waals surface area contributed by atoms with Crippen molar-refractivity contribution in [3.63, 3.8) is 0 Å². The summed E-state index contributed by atoms with van der Waals surface area (Å²) in [6.07, 6.45) is -0.883. The zero-order chi connectivity index (χ0) is 11.1. The van der Waals surface area contributed by atoms with Crippen LogP contribution in [0.1, 0.15) is 6.92 Å². The number of rotatable bonds is 6. The van der Waals surface area contributed by atoms with Crippen molar-refractivity contribution in [3.05, 3.63) is 18.4 Å². The molecule has 0 aliphatic rings. The van der Waals surface area contributed by atoms with E-state index in [1.165, 1.54) is 28.3 Å². The van der Waals surface area contributed by atoms with E-state index in [2.05, 4.69) is 6.58 Å². The SMILES string of the molecule is C=C(C)C(=O)O[C](OC)C(OC)OC. The molecule has 0 bridgehead atoms. The van der Waals surface area contributed by atoms with Crippen LogP contribution in [0.4, 0.5) is 0 Å². The molecule has 0 rings (SSSR count). The third-order valence-corrected chi connectivity index (χ3v) is 1.36. The molecule has 0 fully saturated rings. The van der Waals surface area contributed by atoms with Gasteiger partial charge < -0.3 is 18.9 Å². The molecule has 0 atom stereocenters. The lowest BCUT2D eigenvalue weighted by Crippen LogP contribution is -2.28. The van der Waals surface area contributed by atoms with Crippen molar-refractivity contribution < 1.29 is 23.7 Å². The third-order valence-electron chi connectivity index (χ3n) is 1.36. The smallest absolute Gasteiger partial charge is 0.337 e. The summed E-state index contributed by atoms with van der Waals surface area (Å²) in [7, 11) is 4.16. The Morgan fingerprint density at radius 1 is 1.21 bits per heavy atom. The van der Waals surface area contributed by atoms with Gasteiger partial charge in [0, 0.05) is 26.9 Å². The molecule has 14 heavy (non-hydrogen) atoms. The lowest BCUT2D eigenvalue weighted by atomic mass is 10.4. The first-order valence-electron chi connectivity index (χ1n) is 3.90. The van der Waals surface area contributed by atoms with Crippen molar-refractivity contribution in [2.75, 3.05) is 21.3 Å². The van der Waals surface area contributed by atoms with Crippen LogP contribution in [0.3, 0.4) is 0 Å². The number of hydrogen-bond acceptors (Lipinski definition) is 5. The van der Waals surface area contributed by atoms with Crippen LogP contribution in [0, 0.1) is 6.29 Å². The highest BCUT2D eigenvalue weighted by Crippen LogP contribution is 2.14. The predicted molar refractivity (Wildman–Crippen MR) is 49.0 cm³/mol. The van der Waals surface area contributed by atoms with Gasteiger partial charge in [-0.15, -0.1) is 0 Å². The molecule has 0 unspecified atom stereocenters. The number of ether oxygens (including phenoxy) is 4. The van der Waals surface area contributed by atoms with E-state index in [4.69, 9.17) is 18.9 Å². The molecule has 5 nitrogen and oxygen atoms in total. The van der Waals surface area contributed by atoms with Crippen LogP contribution in [0.5, 0.6) is 0 Å². The van der Waals surface area contributed by atoms with Crippen molar-refractivity contribution in [1.82, 2.24) is 0 Å². The highest BCUT2D eigenvalue weighted by Gasteiger charge is 2.27. The van der Waals surface area contributed by atoms with E-state index in [1.807, 2.05) is 0 Å². The fraction of sp³-hybridized carbons (Fsp3) is 0.556. The summed E-state index contributed by atoms with van der Waals surface area (Å²) in [5.41, 5.74) is 0.269. The average Bonchev–Trinajstić information content (AvgIpc) is 2.17. The number of carbonyl (C=O) groups excluding carboxylic acids is 1. The molecule has 0 aromatic rings. The fourth-order valence-electron chi connectivity index (χ4n) is 0.653. The van der Waals surface area contributed by atoms with Crippen molar-refractivity contribution >= 4 is 5.97 Å². The molecule has 81 valence electrons. The van der Waals surface area contributed by atoms with Gasteiger partial charge in [0.05, 0.1) is 0 Å². The lowest BCUT2D eigenvalue weighted by Gasteiger charge is -2.20. The summed E-state index contributed by atoms with van der Waals surface area (Å²) in [5.74, 6) is -0.582. The molecule has 0 heterocycles. The standard InChI is InChI=1S/C9H15O5/c1-6(2)7(10)14-9(13-5)8(11-3)12-4/h8H,1H2,2-5H3. The quantitative estimate of drug-likeness (QED) is 0.364. The minimum Gasteiger partial charge on any atom is -0.417 e. The molecular weight excluding hydrogens is 188 g/mol. The molecule has 5 heteroatoms. The second kappa shape index (κ2) is 6.53. The van der Waals surface area contributed by atoms with Gasteiger partial charge in [-0.25, -0.2) is 4.79 Å². The van der Waals surface area contributed by atoms with E-state index < -0.39 is 12.3 Å². The van der Waals surface area contributed by atoms with Gasteiger partial charge in [0.1, 0.15) is 0 Å². The maximum Gasteiger partial charge on any atom is 0.337 e. The lowest BCUT2D eigenvalue weighted by molar-refractivity contribution is -0.198. The number of hydrogen-bond donors (Lipinski definition) is 0. The van der Waals surface area contributed by atoms with Gasteiger partial charge in [0.25, 0.3) is 0 Å². The Kier molecular flexibility index (Phi) is 6.11. The molecule has 0 aromatic heterocycles. The number of carbonyl (C=O) groups is 1. The summed E-state index contributed by atoms with van der Waals surface area (Å²) in [4.78, 5) is 11.1. The Morgan fingerprint density at radius 2 is 1.71 bits per heavy atom. The van der Waals surface area contributed by atoms with Crippen molar-refractivity contribution in [2.24, 2.45) is 0 Å². The first-order valence-corrected chi connectivity index (χ1v) is 3.90. The molecule has 0 aliphatic carbocycles. The Labute approximate surface area is 83.6 Å². The van der Waals surface area contributed by atoms with Crippen molar-refractivity contribution in [3.8, 4) is 0 Å². The maximum atomic E-state index is 11.1. The summed E-state index contributed by atoms with van der Waals surface area (Å²) in [6.45, 7) is 4.96. The monoisotopic (exact) mass is 203 g/mol. The van der Waals surface area contributed by atoms with Crippen LogP contribution < -0.4 is 0 Å². The first-order chi connectivity index (χ1) is 6.56. The van der Waals surface area contributed by atoms with E-state index >= 15 is 0 Å². The van der Waals surface area contributed by atoms with Gasteiger partial charge >= 0.3 is 12.3 Å². The van der Waals surface area contributed by atoms with Gasteiger partial charge in [-0.05, 0) is 6.92 Å². The van der Waals surface area contributed by atoms with E-state index in [1.54, 1.807) is 0 Å². The van der Waals surface area contributed by atoms with Crippen LogP contribution in [0.2, 0.25) is 0 Å². The van der Waals surface area contributed by atoms with Crippen LogP contribution in [0.25, 0.3) is 0 Å². The normalized spacial score (nSPS) is 10.7. The molecule has 1 radical (unpaired) electrons. The summed E-state index contributed by atoms with van der Waals surface area (Å²) in [6, 6.07) is 0. The molecule has 0 aromatic carbocycles. The fourth-order valence-corrected chi connectivity index (χ4v) is 0.653. The van der Waals surface area contributed by atoms with Crippen molar-refractivity contribution in [2.45, 2.75) is 13.2 Å².